The molecule has 1 atom stereocenters. The van der Waals surface area contributed by atoms with Crippen molar-refractivity contribution in [2.75, 3.05) is 6.54 Å². The monoisotopic (exact) mass is 383 g/mol. The highest BCUT2D eigenvalue weighted by Crippen LogP contribution is 2.33. The average Bonchev–Trinajstić information content (AvgIpc) is 3.45. The molecule has 1 heterocycles. The van der Waals surface area contributed by atoms with Gasteiger partial charge in [0.05, 0.1) is 0 Å². The third-order valence-electron chi connectivity index (χ3n) is 6.21. The zero-order chi connectivity index (χ0) is 19.5. The maximum Gasteiger partial charge on any atom is 0.251 e. The number of amides is 3. The van der Waals surface area contributed by atoms with Gasteiger partial charge < -0.3 is 15.5 Å². The Morgan fingerprint density at radius 1 is 0.821 bits per heavy atom. The summed E-state index contributed by atoms with van der Waals surface area (Å²) in [6.45, 7) is 0.714. The van der Waals surface area contributed by atoms with Crippen LogP contribution < -0.4 is 10.6 Å². The number of likely N-dealkylation sites (tertiary alicyclic amines) is 1. The Balaban J connectivity index is 1.23. The van der Waals surface area contributed by atoms with Crippen molar-refractivity contribution < 1.29 is 14.4 Å². The van der Waals surface area contributed by atoms with E-state index >= 15 is 0 Å². The molecule has 3 amide bonds. The Morgan fingerprint density at radius 2 is 1.46 bits per heavy atom. The molecule has 0 unspecified atom stereocenters. The minimum atomic E-state index is -0.288. The van der Waals surface area contributed by atoms with E-state index in [4.69, 9.17) is 0 Å². The molecule has 3 aliphatic rings. The molecule has 2 N–H and O–H groups in total. The van der Waals surface area contributed by atoms with Crippen molar-refractivity contribution in [3.05, 3.63) is 35.9 Å². The predicted molar refractivity (Wildman–Crippen MR) is 106 cm³/mol. The number of carbonyl (C=O) groups excluding carboxylic acids is 3. The second kappa shape index (κ2) is 8.33. The lowest BCUT2D eigenvalue weighted by Crippen LogP contribution is -2.51. The quantitative estimate of drug-likeness (QED) is 0.819. The normalized spacial score (nSPS) is 27.3. The number of nitrogens with one attached hydrogen (secondary N) is 2. The molecular weight excluding hydrogens is 354 g/mol. The lowest BCUT2D eigenvalue weighted by Gasteiger charge is -2.31. The molecule has 150 valence electrons. The van der Waals surface area contributed by atoms with Gasteiger partial charge in [-0.05, 0) is 63.5 Å². The number of benzene rings is 1. The maximum atomic E-state index is 12.7. The van der Waals surface area contributed by atoms with Crippen molar-refractivity contribution in [2.45, 2.75) is 69.5 Å². The van der Waals surface area contributed by atoms with Gasteiger partial charge in [0.1, 0.15) is 6.04 Å². The average molecular weight is 383 g/mol. The number of nitrogens with zero attached hydrogens (tertiary/aromatic N) is 1. The Bertz CT molecular complexity index is 724. The minimum absolute atomic E-state index is 0.00303. The second-order valence-electron chi connectivity index (χ2n) is 8.36. The van der Waals surface area contributed by atoms with E-state index < -0.39 is 0 Å². The van der Waals surface area contributed by atoms with Crippen LogP contribution in [0, 0.1) is 5.92 Å². The molecule has 1 saturated heterocycles. The molecule has 3 fully saturated rings. The van der Waals surface area contributed by atoms with Crippen LogP contribution in [0.25, 0.3) is 0 Å². The Hall–Kier alpha value is -2.37. The van der Waals surface area contributed by atoms with E-state index in [0.29, 0.717) is 12.1 Å². The van der Waals surface area contributed by atoms with Gasteiger partial charge in [-0.1, -0.05) is 18.2 Å². The lowest BCUT2D eigenvalue weighted by molar-refractivity contribution is -0.139. The van der Waals surface area contributed by atoms with Crippen molar-refractivity contribution in [1.29, 1.82) is 0 Å². The Kier molecular flexibility index (Phi) is 5.64. The highest BCUT2D eigenvalue weighted by Gasteiger charge is 2.41. The van der Waals surface area contributed by atoms with Crippen LogP contribution in [0.2, 0.25) is 0 Å². The van der Waals surface area contributed by atoms with Gasteiger partial charge in [-0.3, -0.25) is 14.4 Å². The highest BCUT2D eigenvalue weighted by atomic mass is 16.2. The molecule has 2 aliphatic carbocycles. The van der Waals surface area contributed by atoms with E-state index in [1.807, 2.05) is 30.3 Å². The molecule has 0 aromatic heterocycles. The SMILES string of the molecule is O=C(NC1CCC(NC(=O)[C@H]2CCCN2C(=O)C2CC2)CC1)c1ccccc1. The molecule has 1 aromatic carbocycles. The number of hydrogen-bond acceptors (Lipinski definition) is 3. The van der Waals surface area contributed by atoms with E-state index in [9.17, 15) is 14.4 Å². The first-order valence-electron chi connectivity index (χ1n) is 10.6. The van der Waals surface area contributed by atoms with Crippen molar-refractivity contribution >= 4 is 17.7 Å². The van der Waals surface area contributed by atoms with Crippen LogP contribution >= 0.6 is 0 Å². The summed E-state index contributed by atoms with van der Waals surface area (Å²) in [5.74, 6) is 0.304. The molecule has 0 spiro atoms. The van der Waals surface area contributed by atoms with Crippen molar-refractivity contribution in [1.82, 2.24) is 15.5 Å². The zero-order valence-corrected chi connectivity index (χ0v) is 16.2. The third kappa shape index (κ3) is 4.37. The number of carbonyl (C=O) groups is 3. The fourth-order valence-corrected chi connectivity index (χ4v) is 4.41. The van der Waals surface area contributed by atoms with Crippen LogP contribution in [0.5, 0.6) is 0 Å². The van der Waals surface area contributed by atoms with E-state index in [1.165, 1.54) is 0 Å². The summed E-state index contributed by atoms with van der Waals surface area (Å²) in [5.41, 5.74) is 0.680. The fourth-order valence-electron chi connectivity index (χ4n) is 4.41. The van der Waals surface area contributed by atoms with Crippen LogP contribution in [0.1, 0.15) is 61.7 Å². The van der Waals surface area contributed by atoms with Crippen LogP contribution in [-0.2, 0) is 9.59 Å². The Morgan fingerprint density at radius 3 is 2.11 bits per heavy atom. The van der Waals surface area contributed by atoms with E-state index in [-0.39, 0.29) is 41.8 Å². The molecule has 0 radical (unpaired) electrons. The van der Waals surface area contributed by atoms with Crippen molar-refractivity contribution in [3.63, 3.8) is 0 Å². The van der Waals surface area contributed by atoms with Gasteiger partial charge in [0.15, 0.2) is 0 Å². The van der Waals surface area contributed by atoms with Gasteiger partial charge in [0.2, 0.25) is 11.8 Å². The molecule has 0 bridgehead atoms. The van der Waals surface area contributed by atoms with Crippen LogP contribution in [0.4, 0.5) is 0 Å². The van der Waals surface area contributed by atoms with Gasteiger partial charge in [-0.2, -0.15) is 0 Å². The fraction of sp³-hybridized carbons (Fsp3) is 0.591. The summed E-state index contributed by atoms with van der Waals surface area (Å²) < 4.78 is 0. The standard InChI is InChI=1S/C22H29N3O3/c26-20(15-5-2-1-3-6-15)23-17-10-12-18(13-11-17)24-21(27)19-7-4-14-25(19)22(28)16-8-9-16/h1-3,5-6,16-19H,4,7-14H2,(H,23,26)(H,24,27)/t17?,18?,19-/m1/s1. The topological polar surface area (TPSA) is 78.5 Å². The molecule has 28 heavy (non-hydrogen) atoms. The van der Waals surface area contributed by atoms with Crippen molar-refractivity contribution in [2.24, 2.45) is 5.92 Å². The smallest absolute Gasteiger partial charge is 0.251 e. The van der Waals surface area contributed by atoms with Crippen LogP contribution in [-0.4, -0.2) is 47.3 Å². The molecule has 6 heteroatoms. The van der Waals surface area contributed by atoms with E-state index in [1.54, 1.807) is 4.90 Å². The first kappa shape index (κ1) is 19.0. The second-order valence-corrected chi connectivity index (χ2v) is 8.36. The zero-order valence-electron chi connectivity index (χ0n) is 16.2. The van der Waals surface area contributed by atoms with Crippen molar-refractivity contribution in [3.8, 4) is 0 Å². The summed E-state index contributed by atoms with van der Waals surface area (Å²) in [4.78, 5) is 39.2. The van der Waals surface area contributed by atoms with Gasteiger partial charge in [-0.15, -0.1) is 0 Å². The highest BCUT2D eigenvalue weighted by molar-refractivity contribution is 5.94. The van der Waals surface area contributed by atoms with Gasteiger partial charge in [-0.25, -0.2) is 0 Å². The van der Waals surface area contributed by atoms with E-state index in [2.05, 4.69) is 10.6 Å². The van der Waals surface area contributed by atoms with Gasteiger partial charge in [0, 0.05) is 30.1 Å². The first-order valence-corrected chi connectivity index (χ1v) is 10.6. The molecular formula is C22H29N3O3. The lowest BCUT2D eigenvalue weighted by atomic mass is 9.90. The summed E-state index contributed by atoms with van der Waals surface area (Å²) in [7, 11) is 0. The number of rotatable bonds is 5. The minimum Gasteiger partial charge on any atom is -0.352 e. The van der Waals surface area contributed by atoms with Gasteiger partial charge in [0.25, 0.3) is 5.91 Å². The van der Waals surface area contributed by atoms with Crippen LogP contribution in [0.3, 0.4) is 0 Å². The largest absolute Gasteiger partial charge is 0.352 e. The number of hydrogen-bond donors (Lipinski definition) is 2. The summed E-state index contributed by atoms with van der Waals surface area (Å²) >= 11 is 0. The third-order valence-corrected chi connectivity index (χ3v) is 6.21. The molecule has 1 aromatic rings. The summed E-state index contributed by atoms with van der Waals surface area (Å²) in [5, 5.41) is 6.27. The van der Waals surface area contributed by atoms with E-state index in [0.717, 1.165) is 51.4 Å². The molecule has 6 nitrogen and oxygen atoms in total. The first-order chi connectivity index (χ1) is 13.6. The van der Waals surface area contributed by atoms with Gasteiger partial charge >= 0.3 is 0 Å². The summed E-state index contributed by atoms with van der Waals surface area (Å²) in [6.07, 6.45) is 7.06. The Labute approximate surface area is 166 Å². The summed E-state index contributed by atoms with van der Waals surface area (Å²) in [6, 6.07) is 9.26. The molecule has 2 saturated carbocycles. The molecule has 1 aliphatic heterocycles. The van der Waals surface area contributed by atoms with Crippen LogP contribution in [0.15, 0.2) is 30.3 Å². The maximum absolute atomic E-state index is 12.7. The predicted octanol–water partition coefficient (Wildman–Crippen LogP) is 2.24. The molecule has 4 rings (SSSR count).